The Morgan fingerprint density at radius 3 is 2.36 bits per heavy atom. The summed E-state index contributed by atoms with van der Waals surface area (Å²) in [4.78, 5) is 16.4. The quantitative estimate of drug-likeness (QED) is 0.240. The Morgan fingerprint density at radius 1 is 1.02 bits per heavy atom. The maximum absolute atomic E-state index is 13.9. The summed E-state index contributed by atoms with van der Waals surface area (Å²) in [6.45, 7) is -2.06. The lowest BCUT2D eigenvalue weighted by molar-refractivity contribution is -0.158. The number of halogens is 8. The number of rotatable bonds is 7. The summed E-state index contributed by atoms with van der Waals surface area (Å²) in [5, 5.41) is 5.93. The van der Waals surface area contributed by atoms with Gasteiger partial charge in [0.25, 0.3) is 6.43 Å². The van der Waals surface area contributed by atoms with E-state index in [1.807, 2.05) is 0 Å². The number of anilines is 1. The largest absolute Gasteiger partial charge is 0.483 e. The van der Waals surface area contributed by atoms with Crippen molar-refractivity contribution in [2.24, 2.45) is 0 Å². The monoisotopic (exact) mass is 624 g/mol. The first-order chi connectivity index (χ1) is 19.4. The molecule has 0 aliphatic rings. The molecule has 224 valence electrons. The van der Waals surface area contributed by atoms with Crippen molar-refractivity contribution in [3.63, 3.8) is 0 Å². The van der Waals surface area contributed by atoms with Gasteiger partial charge in [0, 0.05) is 17.5 Å². The first kappa shape index (κ1) is 30.5. The van der Waals surface area contributed by atoms with E-state index in [1.165, 1.54) is 18.2 Å². The highest BCUT2D eigenvalue weighted by Gasteiger charge is 2.36. The second-order valence-electron chi connectivity index (χ2n) is 8.54. The van der Waals surface area contributed by atoms with E-state index in [0.717, 1.165) is 30.7 Å². The fourth-order valence-corrected chi connectivity index (χ4v) is 4.25. The summed E-state index contributed by atoms with van der Waals surface area (Å²) in [5.74, 6) is -1.71. The Balaban J connectivity index is 1.72. The number of amides is 1. The number of sulfone groups is 1. The van der Waals surface area contributed by atoms with Crippen LogP contribution in [0, 0.1) is 0 Å². The van der Waals surface area contributed by atoms with Crippen molar-refractivity contribution in [2.45, 2.75) is 23.7 Å². The van der Waals surface area contributed by atoms with E-state index >= 15 is 0 Å². The second-order valence-corrected chi connectivity index (χ2v) is 10.6. The molecule has 0 unspecified atom stereocenters. The number of carbonyl (C=O) groups is 1. The summed E-state index contributed by atoms with van der Waals surface area (Å²) in [5.41, 5.74) is -3.66. The van der Waals surface area contributed by atoms with Crippen LogP contribution in [-0.2, 0) is 16.0 Å². The van der Waals surface area contributed by atoms with Gasteiger partial charge in [-0.05, 0) is 36.4 Å². The molecule has 0 saturated heterocycles. The van der Waals surface area contributed by atoms with Crippen molar-refractivity contribution in [2.75, 3.05) is 18.2 Å². The van der Waals surface area contributed by atoms with Crippen molar-refractivity contribution < 1.29 is 57.8 Å². The van der Waals surface area contributed by atoms with Crippen LogP contribution in [0.4, 0.5) is 45.6 Å². The van der Waals surface area contributed by atoms with Crippen molar-refractivity contribution in [3.8, 4) is 22.8 Å². The molecule has 18 heteroatoms. The highest BCUT2D eigenvalue weighted by atomic mass is 32.2. The smallest absolute Gasteiger partial charge is 0.422 e. The minimum Gasteiger partial charge on any atom is -0.483 e. The molecule has 0 fully saturated rings. The average molecular weight is 624 g/mol. The number of nitrogens with zero attached hydrogens (tertiary/aromatic N) is 3. The third-order valence-corrected chi connectivity index (χ3v) is 6.49. The van der Waals surface area contributed by atoms with Crippen LogP contribution in [0.3, 0.4) is 0 Å². The number of hydrogen-bond donors (Lipinski definition) is 1. The fraction of sp³-hybridized carbons (Fsp3) is 0.208. The number of carbonyl (C=O) groups excluding carboxylic acids is 1. The average Bonchev–Trinajstić information content (AvgIpc) is 3.27. The van der Waals surface area contributed by atoms with E-state index < -0.39 is 75.4 Å². The number of ether oxygens (including phenoxy) is 2. The normalized spacial score (nSPS) is 12.5. The molecule has 1 N–H and O–H groups in total. The Kier molecular flexibility index (Phi) is 8.03. The molecular formula is C24H16F8N4O5S. The molecule has 0 spiro atoms. The number of fused-ring (bicyclic) bond motifs is 1. The van der Waals surface area contributed by atoms with Gasteiger partial charge in [0.15, 0.2) is 27.8 Å². The molecule has 9 nitrogen and oxygen atoms in total. The Bertz CT molecular complexity index is 1750. The van der Waals surface area contributed by atoms with E-state index in [9.17, 15) is 48.3 Å². The number of alkyl halides is 8. The summed E-state index contributed by atoms with van der Waals surface area (Å²) >= 11 is 0. The summed E-state index contributed by atoms with van der Waals surface area (Å²) < 4.78 is 139. The first-order valence-electron chi connectivity index (χ1n) is 11.3. The van der Waals surface area contributed by atoms with E-state index in [1.54, 1.807) is 0 Å². The highest BCUT2D eigenvalue weighted by Crippen LogP contribution is 2.39. The first-order valence-corrected chi connectivity index (χ1v) is 13.2. The lowest BCUT2D eigenvalue weighted by Gasteiger charge is -2.16. The topological polar surface area (TPSA) is 112 Å². The van der Waals surface area contributed by atoms with E-state index in [2.05, 4.69) is 20.1 Å². The molecule has 2 heterocycles. The molecule has 1 amide bonds. The molecule has 0 aliphatic carbocycles. The van der Waals surface area contributed by atoms with Crippen LogP contribution in [-0.4, -0.2) is 48.1 Å². The van der Waals surface area contributed by atoms with Gasteiger partial charge < -0.3 is 9.47 Å². The minimum absolute atomic E-state index is 0.00235. The van der Waals surface area contributed by atoms with Crippen molar-refractivity contribution in [3.05, 3.63) is 66.0 Å². The third-order valence-electron chi connectivity index (χ3n) is 5.38. The van der Waals surface area contributed by atoms with Crippen LogP contribution in [0.1, 0.15) is 17.7 Å². The SMILES string of the molecule is CS(=O)(=O)c1cccc(NC(=O)Oc2cnn3c(C(F)F)cc(-c4ccc(C(F)(F)F)c(OCC(F)(F)F)c4)nc23)c1. The van der Waals surface area contributed by atoms with E-state index in [-0.39, 0.29) is 16.1 Å². The molecule has 42 heavy (non-hydrogen) atoms. The van der Waals surface area contributed by atoms with Crippen molar-refractivity contribution in [1.29, 1.82) is 0 Å². The van der Waals surface area contributed by atoms with Gasteiger partial charge in [0.1, 0.15) is 11.4 Å². The maximum atomic E-state index is 13.9. The van der Waals surface area contributed by atoms with E-state index in [4.69, 9.17) is 4.74 Å². The minimum atomic E-state index is -5.11. The Labute approximate surface area is 230 Å². The van der Waals surface area contributed by atoms with Crippen LogP contribution in [0.25, 0.3) is 16.9 Å². The lowest BCUT2D eigenvalue weighted by atomic mass is 10.1. The molecule has 0 aliphatic heterocycles. The Morgan fingerprint density at radius 2 is 1.74 bits per heavy atom. The third kappa shape index (κ3) is 7.04. The molecule has 2 aromatic heterocycles. The van der Waals surface area contributed by atoms with Gasteiger partial charge in [0.2, 0.25) is 0 Å². The predicted molar refractivity (Wildman–Crippen MR) is 129 cm³/mol. The van der Waals surface area contributed by atoms with Crippen LogP contribution in [0.5, 0.6) is 11.5 Å². The number of nitrogens with one attached hydrogen (secondary N) is 1. The predicted octanol–water partition coefficient (Wildman–Crippen LogP) is 6.31. The van der Waals surface area contributed by atoms with Gasteiger partial charge in [-0.15, -0.1) is 0 Å². The van der Waals surface area contributed by atoms with Gasteiger partial charge in [-0.2, -0.15) is 31.4 Å². The number of aromatic nitrogens is 3. The zero-order valence-electron chi connectivity index (χ0n) is 20.8. The molecule has 0 radical (unpaired) electrons. The maximum Gasteiger partial charge on any atom is 0.422 e. The van der Waals surface area contributed by atoms with Crippen molar-refractivity contribution in [1.82, 2.24) is 14.6 Å². The zero-order valence-corrected chi connectivity index (χ0v) is 21.6. The molecule has 4 rings (SSSR count). The second kappa shape index (κ2) is 11.1. The number of hydrogen-bond acceptors (Lipinski definition) is 7. The summed E-state index contributed by atoms with van der Waals surface area (Å²) in [6, 6.07) is 7.55. The number of benzene rings is 2. The van der Waals surface area contributed by atoms with Gasteiger partial charge in [-0.25, -0.2) is 31.5 Å². The summed E-state index contributed by atoms with van der Waals surface area (Å²) in [6.07, 6.45) is -12.7. The van der Waals surface area contributed by atoms with Crippen LogP contribution in [0.15, 0.2) is 59.6 Å². The molecule has 2 aromatic carbocycles. The van der Waals surface area contributed by atoms with Crippen LogP contribution >= 0.6 is 0 Å². The van der Waals surface area contributed by atoms with Crippen LogP contribution in [0.2, 0.25) is 0 Å². The fourth-order valence-electron chi connectivity index (χ4n) is 3.58. The van der Waals surface area contributed by atoms with Gasteiger partial charge in [0.05, 0.1) is 22.3 Å². The van der Waals surface area contributed by atoms with Crippen LogP contribution < -0.4 is 14.8 Å². The zero-order chi connectivity index (χ0) is 31.0. The van der Waals surface area contributed by atoms with Gasteiger partial charge >= 0.3 is 18.4 Å². The molecule has 0 atom stereocenters. The molecule has 4 aromatic rings. The van der Waals surface area contributed by atoms with Gasteiger partial charge in [-0.1, -0.05) is 12.1 Å². The molecular weight excluding hydrogens is 608 g/mol. The Hall–Kier alpha value is -4.48. The van der Waals surface area contributed by atoms with Crippen molar-refractivity contribution >= 4 is 27.3 Å². The van der Waals surface area contributed by atoms with Gasteiger partial charge in [-0.3, -0.25) is 5.32 Å². The standard InChI is InChI=1S/C24H16F8N4O5S/c1-42(38,39)14-4-2-3-13(8-14)34-22(37)41-19-10-33-36-17(20(25)26)9-16(35-21(19)36)12-5-6-15(24(30,31)32)18(7-12)40-11-23(27,28)29/h2-10,20H,11H2,1H3,(H,34,37). The molecule has 0 saturated carbocycles. The molecule has 0 bridgehead atoms. The summed E-state index contributed by atoms with van der Waals surface area (Å²) in [7, 11) is -3.62. The van der Waals surface area contributed by atoms with E-state index in [0.29, 0.717) is 16.6 Å². The highest BCUT2D eigenvalue weighted by molar-refractivity contribution is 7.90. The lowest BCUT2D eigenvalue weighted by Crippen LogP contribution is -2.21.